The van der Waals surface area contributed by atoms with Gasteiger partial charge < -0.3 is 0 Å². The second-order valence-electron chi connectivity index (χ2n) is 4.06. The predicted molar refractivity (Wildman–Crippen MR) is 70.2 cm³/mol. The first-order valence-electron chi connectivity index (χ1n) is 5.61. The standard InChI is InChI=1S/C16H16/c1-14(12-15-8-4-2-5-9-15)13-16-10-6-3-7-11-16/h2-12H,13H2,1H3. The highest BCUT2D eigenvalue weighted by Crippen LogP contribution is 2.11. The van der Waals surface area contributed by atoms with Crippen LogP contribution >= 0.6 is 0 Å². The van der Waals surface area contributed by atoms with E-state index in [2.05, 4.69) is 67.6 Å². The van der Waals surface area contributed by atoms with E-state index in [1.165, 1.54) is 16.7 Å². The average molecular weight is 208 g/mol. The summed E-state index contributed by atoms with van der Waals surface area (Å²) in [6.45, 7) is 2.18. The molecule has 0 amide bonds. The van der Waals surface area contributed by atoms with Crippen LogP contribution in [0.1, 0.15) is 18.1 Å². The summed E-state index contributed by atoms with van der Waals surface area (Å²) in [6.07, 6.45) is 3.27. The quantitative estimate of drug-likeness (QED) is 0.704. The van der Waals surface area contributed by atoms with Crippen LogP contribution < -0.4 is 0 Å². The van der Waals surface area contributed by atoms with E-state index in [1.54, 1.807) is 0 Å². The van der Waals surface area contributed by atoms with Crippen molar-refractivity contribution in [2.75, 3.05) is 0 Å². The molecule has 0 radical (unpaired) electrons. The van der Waals surface area contributed by atoms with Crippen molar-refractivity contribution in [2.45, 2.75) is 13.3 Å². The molecule has 0 aliphatic heterocycles. The van der Waals surface area contributed by atoms with Gasteiger partial charge >= 0.3 is 0 Å². The van der Waals surface area contributed by atoms with Crippen LogP contribution in [-0.4, -0.2) is 0 Å². The molecule has 80 valence electrons. The molecule has 0 bridgehead atoms. The molecule has 2 aromatic rings. The van der Waals surface area contributed by atoms with Crippen molar-refractivity contribution in [3.05, 3.63) is 77.4 Å². The zero-order chi connectivity index (χ0) is 11.2. The van der Waals surface area contributed by atoms with Crippen LogP contribution in [0.3, 0.4) is 0 Å². The fourth-order valence-electron chi connectivity index (χ4n) is 1.80. The molecule has 0 aliphatic carbocycles. The molecule has 16 heavy (non-hydrogen) atoms. The van der Waals surface area contributed by atoms with Crippen molar-refractivity contribution < 1.29 is 0 Å². The normalized spacial score (nSPS) is 11.4. The Bertz CT molecular complexity index is 452. The van der Waals surface area contributed by atoms with E-state index in [0.717, 1.165) is 6.42 Å². The van der Waals surface area contributed by atoms with Crippen LogP contribution in [-0.2, 0) is 6.42 Å². The van der Waals surface area contributed by atoms with Gasteiger partial charge in [-0.15, -0.1) is 0 Å². The van der Waals surface area contributed by atoms with Gasteiger partial charge in [-0.1, -0.05) is 72.3 Å². The summed E-state index contributed by atoms with van der Waals surface area (Å²) in [4.78, 5) is 0. The molecule has 0 saturated carbocycles. The maximum Gasteiger partial charge on any atom is -0.00665 e. The lowest BCUT2D eigenvalue weighted by Crippen LogP contribution is -1.85. The van der Waals surface area contributed by atoms with E-state index < -0.39 is 0 Å². The molecule has 0 atom stereocenters. The van der Waals surface area contributed by atoms with E-state index in [9.17, 15) is 0 Å². The first kappa shape index (κ1) is 10.7. The molecule has 0 saturated heterocycles. The van der Waals surface area contributed by atoms with Gasteiger partial charge in [0.15, 0.2) is 0 Å². The second-order valence-corrected chi connectivity index (χ2v) is 4.06. The summed E-state index contributed by atoms with van der Waals surface area (Å²) in [5.41, 5.74) is 4.03. The van der Waals surface area contributed by atoms with Gasteiger partial charge in [0.2, 0.25) is 0 Å². The summed E-state index contributed by atoms with van der Waals surface area (Å²) < 4.78 is 0. The smallest absolute Gasteiger partial charge is 0.00665 e. The molecule has 2 aromatic carbocycles. The van der Waals surface area contributed by atoms with E-state index in [1.807, 2.05) is 6.07 Å². The van der Waals surface area contributed by atoms with Crippen molar-refractivity contribution >= 4 is 6.08 Å². The topological polar surface area (TPSA) is 0 Å². The summed E-state index contributed by atoms with van der Waals surface area (Å²) in [7, 11) is 0. The summed E-state index contributed by atoms with van der Waals surface area (Å²) >= 11 is 0. The minimum Gasteiger partial charge on any atom is -0.0683 e. The van der Waals surface area contributed by atoms with Crippen molar-refractivity contribution in [3.63, 3.8) is 0 Å². The Labute approximate surface area is 97.3 Å². The molecule has 0 aromatic heterocycles. The second kappa shape index (κ2) is 5.32. The van der Waals surface area contributed by atoms with Crippen LogP contribution in [0.15, 0.2) is 66.2 Å². The van der Waals surface area contributed by atoms with Crippen molar-refractivity contribution in [1.82, 2.24) is 0 Å². The van der Waals surface area contributed by atoms with Gasteiger partial charge in [0.25, 0.3) is 0 Å². The SMILES string of the molecule is CC(=Cc1ccccc1)Cc1ccccc1. The average Bonchev–Trinajstić information content (AvgIpc) is 2.31. The predicted octanol–water partition coefficient (Wildman–Crippen LogP) is 4.33. The number of hydrogen-bond acceptors (Lipinski definition) is 0. The lowest BCUT2D eigenvalue weighted by atomic mass is 10.0. The third-order valence-corrected chi connectivity index (χ3v) is 2.54. The van der Waals surface area contributed by atoms with Crippen LogP contribution in [0, 0.1) is 0 Å². The van der Waals surface area contributed by atoms with Gasteiger partial charge in [0.1, 0.15) is 0 Å². The third kappa shape index (κ3) is 3.09. The maximum atomic E-state index is 2.24. The van der Waals surface area contributed by atoms with E-state index in [-0.39, 0.29) is 0 Å². The Kier molecular flexibility index (Phi) is 3.55. The van der Waals surface area contributed by atoms with Gasteiger partial charge in [-0.05, 0) is 24.5 Å². The van der Waals surface area contributed by atoms with E-state index in [0.29, 0.717) is 0 Å². The molecule has 2 rings (SSSR count). The Balaban J connectivity index is 2.09. The van der Waals surface area contributed by atoms with Gasteiger partial charge in [0.05, 0.1) is 0 Å². The highest BCUT2D eigenvalue weighted by molar-refractivity contribution is 5.52. The molecule has 0 unspecified atom stereocenters. The Morgan fingerprint density at radius 2 is 1.44 bits per heavy atom. The van der Waals surface area contributed by atoms with Crippen LogP contribution in [0.2, 0.25) is 0 Å². The van der Waals surface area contributed by atoms with Crippen LogP contribution in [0.25, 0.3) is 6.08 Å². The van der Waals surface area contributed by atoms with E-state index >= 15 is 0 Å². The molecule has 0 heterocycles. The summed E-state index contributed by atoms with van der Waals surface area (Å²) in [5.74, 6) is 0. The molecule has 0 N–H and O–H groups in total. The molecule has 0 spiro atoms. The van der Waals surface area contributed by atoms with Gasteiger partial charge in [0, 0.05) is 0 Å². The largest absolute Gasteiger partial charge is 0.0683 e. The van der Waals surface area contributed by atoms with Gasteiger partial charge in [-0.3, -0.25) is 0 Å². The van der Waals surface area contributed by atoms with E-state index in [4.69, 9.17) is 0 Å². The summed E-state index contributed by atoms with van der Waals surface area (Å²) in [6, 6.07) is 21.0. The fourth-order valence-corrected chi connectivity index (χ4v) is 1.80. The highest BCUT2D eigenvalue weighted by atomic mass is 14.0. The minimum atomic E-state index is 1.02. The molecule has 0 nitrogen and oxygen atoms in total. The first-order valence-corrected chi connectivity index (χ1v) is 5.61. The molecule has 0 aliphatic rings. The van der Waals surface area contributed by atoms with Crippen molar-refractivity contribution in [1.29, 1.82) is 0 Å². The molecule has 0 heteroatoms. The maximum absolute atomic E-state index is 2.24. The zero-order valence-electron chi connectivity index (χ0n) is 9.56. The van der Waals surface area contributed by atoms with Gasteiger partial charge in [-0.25, -0.2) is 0 Å². The summed E-state index contributed by atoms with van der Waals surface area (Å²) in [5, 5.41) is 0. The monoisotopic (exact) mass is 208 g/mol. The number of allylic oxidation sites excluding steroid dienone is 1. The molecular formula is C16H16. The Morgan fingerprint density at radius 3 is 2.06 bits per heavy atom. The Morgan fingerprint density at radius 1 is 0.875 bits per heavy atom. The number of hydrogen-bond donors (Lipinski definition) is 0. The Hall–Kier alpha value is -1.82. The fraction of sp³-hybridized carbons (Fsp3) is 0.125. The molecule has 0 fully saturated rings. The van der Waals surface area contributed by atoms with Crippen LogP contribution in [0.4, 0.5) is 0 Å². The minimum absolute atomic E-state index is 1.02. The lowest BCUT2D eigenvalue weighted by Gasteiger charge is -2.02. The van der Waals surface area contributed by atoms with Crippen molar-refractivity contribution in [2.24, 2.45) is 0 Å². The molecular weight excluding hydrogens is 192 g/mol. The first-order chi connectivity index (χ1) is 7.84. The van der Waals surface area contributed by atoms with Crippen LogP contribution in [0.5, 0.6) is 0 Å². The third-order valence-electron chi connectivity index (χ3n) is 2.54. The zero-order valence-corrected chi connectivity index (χ0v) is 9.56. The van der Waals surface area contributed by atoms with Crippen molar-refractivity contribution in [3.8, 4) is 0 Å². The number of benzene rings is 2. The highest BCUT2D eigenvalue weighted by Gasteiger charge is 1.94. The van der Waals surface area contributed by atoms with Gasteiger partial charge in [-0.2, -0.15) is 0 Å². The lowest BCUT2D eigenvalue weighted by molar-refractivity contribution is 1.16. The number of rotatable bonds is 3.